The summed E-state index contributed by atoms with van der Waals surface area (Å²) in [6.07, 6.45) is 8.21. The van der Waals surface area contributed by atoms with Crippen LogP contribution < -0.4 is 5.73 Å². The molecule has 0 rings (SSSR count). The first kappa shape index (κ1) is 12.6. The Labute approximate surface area is 87.4 Å². The van der Waals surface area contributed by atoms with Gasteiger partial charge in [-0.05, 0) is 11.9 Å². The Morgan fingerprint density at radius 2 is 2.07 bits per heavy atom. The van der Waals surface area contributed by atoms with Crippen LogP contribution in [-0.4, -0.2) is 21.6 Å². The lowest BCUT2D eigenvalue weighted by atomic mass is 9.85. The van der Waals surface area contributed by atoms with E-state index in [0.29, 0.717) is 12.8 Å². The molecule has 1 amide bonds. The zero-order valence-corrected chi connectivity index (χ0v) is 9.05. The molecule has 4 heteroatoms. The molecule has 72 valence electrons. The SMILES string of the molecule is B/C(C#C)=C/C(CCC(N)=O)=C(/B)C. The highest BCUT2D eigenvalue weighted by molar-refractivity contribution is 6.25. The average molecular weight is 187 g/mol. The second-order valence-electron chi connectivity index (χ2n) is 3.46. The van der Waals surface area contributed by atoms with E-state index in [1.807, 2.05) is 28.7 Å². The Morgan fingerprint density at radius 3 is 2.43 bits per heavy atom. The second kappa shape index (κ2) is 6.15. The molecule has 0 saturated carbocycles. The minimum Gasteiger partial charge on any atom is -0.370 e. The quantitative estimate of drug-likeness (QED) is 0.353. The van der Waals surface area contributed by atoms with Crippen LogP contribution in [-0.2, 0) is 4.79 Å². The van der Waals surface area contributed by atoms with Crippen molar-refractivity contribution >= 4 is 21.6 Å². The number of nitrogens with two attached hydrogens (primary N) is 1. The van der Waals surface area contributed by atoms with Gasteiger partial charge < -0.3 is 5.73 Å². The number of primary amides is 1. The van der Waals surface area contributed by atoms with Gasteiger partial charge in [0, 0.05) is 6.42 Å². The number of amides is 1. The monoisotopic (exact) mass is 187 g/mol. The highest BCUT2D eigenvalue weighted by Crippen LogP contribution is 2.11. The molecule has 0 spiro atoms. The molecule has 0 atom stereocenters. The summed E-state index contributed by atoms with van der Waals surface area (Å²) in [5.41, 5.74) is 8.21. The van der Waals surface area contributed by atoms with Crippen LogP contribution in [0, 0.1) is 12.3 Å². The molecule has 0 unspecified atom stereocenters. The third-order valence-electron chi connectivity index (χ3n) is 1.90. The van der Waals surface area contributed by atoms with Crippen LogP contribution in [0.1, 0.15) is 19.8 Å². The summed E-state index contributed by atoms with van der Waals surface area (Å²) in [5, 5.41) is 0. The maximum atomic E-state index is 10.6. The molecule has 0 heterocycles. The van der Waals surface area contributed by atoms with Gasteiger partial charge in [-0.3, -0.25) is 4.79 Å². The molecule has 0 aromatic carbocycles. The van der Waals surface area contributed by atoms with Crippen LogP contribution in [0.15, 0.2) is 22.6 Å². The average Bonchev–Trinajstić information content (AvgIpc) is 2.10. The van der Waals surface area contributed by atoms with Gasteiger partial charge in [-0.15, -0.1) is 11.9 Å². The molecule has 2 N–H and O–H groups in total. The van der Waals surface area contributed by atoms with Crippen LogP contribution in [0.3, 0.4) is 0 Å². The molecule has 2 nitrogen and oxygen atoms in total. The van der Waals surface area contributed by atoms with E-state index in [1.54, 1.807) is 0 Å². The Morgan fingerprint density at radius 1 is 1.50 bits per heavy atom. The van der Waals surface area contributed by atoms with Crippen molar-refractivity contribution in [3.63, 3.8) is 0 Å². The highest BCUT2D eigenvalue weighted by atomic mass is 16.1. The Kier molecular flexibility index (Phi) is 5.55. The van der Waals surface area contributed by atoms with Gasteiger partial charge >= 0.3 is 0 Å². The van der Waals surface area contributed by atoms with Crippen molar-refractivity contribution in [3.05, 3.63) is 22.6 Å². The Hall–Kier alpha value is -1.36. The van der Waals surface area contributed by atoms with Crippen molar-refractivity contribution in [2.45, 2.75) is 19.8 Å². The van der Waals surface area contributed by atoms with Gasteiger partial charge in [0.25, 0.3) is 0 Å². The van der Waals surface area contributed by atoms with Gasteiger partial charge in [0.05, 0.1) is 0 Å². The third kappa shape index (κ3) is 5.31. The van der Waals surface area contributed by atoms with Crippen LogP contribution in [0.5, 0.6) is 0 Å². The first-order valence-corrected chi connectivity index (χ1v) is 4.57. The standard InChI is InChI=1S/C10H15B2NO/c1-3-9(12)6-8(7(2)11)4-5-10(13)14/h1,6H,4-5,11-12H2,2H3,(H2,13,14)/b8-7+,9-6+. The summed E-state index contributed by atoms with van der Waals surface area (Å²) >= 11 is 0. The summed E-state index contributed by atoms with van der Waals surface area (Å²) in [7, 11) is 3.86. The minimum atomic E-state index is -0.282. The van der Waals surface area contributed by atoms with Gasteiger partial charge in [0.2, 0.25) is 5.91 Å². The molecule has 0 aliphatic heterocycles. The lowest BCUT2D eigenvalue weighted by Gasteiger charge is -2.04. The number of rotatable bonds is 4. The van der Waals surface area contributed by atoms with E-state index in [2.05, 4.69) is 5.92 Å². The van der Waals surface area contributed by atoms with Crippen molar-refractivity contribution in [3.8, 4) is 12.3 Å². The number of hydrogen-bond acceptors (Lipinski definition) is 1. The molecule has 0 aliphatic carbocycles. The predicted molar refractivity (Wildman–Crippen MR) is 65.1 cm³/mol. The van der Waals surface area contributed by atoms with Crippen molar-refractivity contribution in [1.82, 2.24) is 0 Å². The molecule has 0 saturated heterocycles. The summed E-state index contributed by atoms with van der Waals surface area (Å²) in [6.45, 7) is 2.00. The van der Waals surface area contributed by atoms with E-state index in [0.717, 1.165) is 11.0 Å². The van der Waals surface area contributed by atoms with Gasteiger partial charge in [-0.2, -0.15) is 0 Å². The number of allylic oxidation sites excluding steroid dienone is 4. The topological polar surface area (TPSA) is 43.1 Å². The van der Waals surface area contributed by atoms with E-state index in [4.69, 9.17) is 12.2 Å². The summed E-state index contributed by atoms with van der Waals surface area (Å²) in [6, 6.07) is 0. The largest absolute Gasteiger partial charge is 0.370 e. The van der Waals surface area contributed by atoms with Gasteiger partial charge in [-0.25, -0.2) is 0 Å². The van der Waals surface area contributed by atoms with Crippen LogP contribution in [0.2, 0.25) is 0 Å². The number of carbonyl (C=O) groups excluding carboxylic acids is 1. The lowest BCUT2D eigenvalue weighted by Crippen LogP contribution is -2.10. The van der Waals surface area contributed by atoms with Gasteiger partial charge in [0.1, 0.15) is 7.85 Å². The maximum absolute atomic E-state index is 10.6. The normalized spacial score (nSPS) is 13.0. The maximum Gasteiger partial charge on any atom is 0.217 e. The van der Waals surface area contributed by atoms with Crippen molar-refractivity contribution < 1.29 is 4.79 Å². The van der Waals surface area contributed by atoms with Crippen molar-refractivity contribution in [2.75, 3.05) is 0 Å². The molecular formula is C10H15B2NO. The van der Waals surface area contributed by atoms with Crippen molar-refractivity contribution in [1.29, 1.82) is 0 Å². The zero-order chi connectivity index (χ0) is 11.1. The molecule has 0 radical (unpaired) electrons. The highest BCUT2D eigenvalue weighted by Gasteiger charge is 2.00. The fraction of sp³-hybridized carbons (Fsp3) is 0.300. The smallest absolute Gasteiger partial charge is 0.217 e. The summed E-state index contributed by atoms with van der Waals surface area (Å²) in [5.74, 6) is 2.27. The van der Waals surface area contributed by atoms with E-state index in [9.17, 15) is 4.79 Å². The van der Waals surface area contributed by atoms with Crippen LogP contribution >= 0.6 is 0 Å². The van der Waals surface area contributed by atoms with Gasteiger partial charge in [-0.1, -0.05) is 24.5 Å². The molecule has 0 aromatic heterocycles. The van der Waals surface area contributed by atoms with Crippen molar-refractivity contribution in [2.24, 2.45) is 5.73 Å². The fourth-order valence-electron chi connectivity index (χ4n) is 1.03. The number of hydrogen-bond donors (Lipinski definition) is 1. The number of terminal acetylenes is 1. The summed E-state index contributed by atoms with van der Waals surface area (Å²) < 4.78 is 0. The molecular weight excluding hydrogens is 172 g/mol. The molecule has 0 aliphatic rings. The van der Waals surface area contributed by atoms with E-state index >= 15 is 0 Å². The second-order valence-corrected chi connectivity index (χ2v) is 3.46. The van der Waals surface area contributed by atoms with Crippen LogP contribution in [0.4, 0.5) is 0 Å². The predicted octanol–water partition coefficient (Wildman–Crippen LogP) is -0.691. The first-order chi connectivity index (χ1) is 6.47. The summed E-state index contributed by atoms with van der Waals surface area (Å²) in [4.78, 5) is 10.6. The third-order valence-corrected chi connectivity index (χ3v) is 1.90. The zero-order valence-electron chi connectivity index (χ0n) is 9.05. The number of carbonyl (C=O) groups is 1. The van der Waals surface area contributed by atoms with Gasteiger partial charge in [0.15, 0.2) is 7.85 Å². The van der Waals surface area contributed by atoms with E-state index in [-0.39, 0.29) is 5.91 Å². The molecule has 0 aromatic rings. The molecule has 0 bridgehead atoms. The Bertz CT molecular complexity index is 320. The molecule has 0 fully saturated rings. The van der Waals surface area contributed by atoms with Crippen LogP contribution in [0.25, 0.3) is 0 Å². The lowest BCUT2D eigenvalue weighted by molar-refractivity contribution is -0.117. The molecule has 14 heavy (non-hydrogen) atoms. The first-order valence-electron chi connectivity index (χ1n) is 4.57. The Balaban J connectivity index is 4.60. The van der Waals surface area contributed by atoms with E-state index in [1.165, 1.54) is 5.47 Å². The fourth-order valence-corrected chi connectivity index (χ4v) is 1.03. The minimum absolute atomic E-state index is 0.282. The van der Waals surface area contributed by atoms with E-state index < -0.39 is 0 Å².